The smallest absolute Gasteiger partial charge is 0.264 e. The van der Waals surface area contributed by atoms with E-state index in [4.69, 9.17) is 6.42 Å². The van der Waals surface area contributed by atoms with Gasteiger partial charge in [0.1, 0.15) is 5.75 Å². The quantitative estimate of drug-likeness (QED) is 0.794. The van der Waals surface area contributed by atoms with Crippen molar-refractivity contribution in [2.75, 3.05) is 21.3 Å². The maximum absolute atomic E-state index is 13.0. The SMILES string of the molecule is C#CCS(=O)(=O)Nc1ccc2c(c1)N(S(=O)(=O)c1ccccc1)CCC2. The number of terminal acetylenes is 1. The van der Waals surface area contributed by atoms with Crippen molar-refractivity contribution >= 4 is 31.4 Å². The third-order valence-corrected chi connectivity index (χ3v) is 6.96. The lowest BCUT2D eigenvalue weighted by Crippen LogP contribution is -2.35. The lowest BCUT2D eigenvalue weighted by molar-refractivity contribution is 0.586. The third kappa shape index (κ3) is 3.69. The molecule has 0 saturated carbocycles. The van der Waals surface area contributed by atoms with Gasteiger partial charge in [-0.05, 0) is 42.7 Å². The Balaban J connectivity index is 2.02. The first-order chi connectivity index (χ1) is 12.3. The number of sulfonamides is 2. The number of nitrogens with zero attached hydrogens (tertiary/aromatic N) is 1. The lowest BCUT2D eigenvalue weighted by Gasteiger charge is -2.31. The van der Waals surface area contributed by atoms with Gasteiger partial charge in [0, 0.05) is 6.54 Å². The summed E-state index contributed by atoms with van der Waals surface area (Å²) in [7, 11) is -7.39. The number of fused-ring (bicyclic) bond motifs is 1. The number of nitrogens with one attached hydrogen (secondary N) is 1. The molecule has 0 spiro atoms. The van der Waals surface area contributed by atoms with Gasteiger partial charge in [0.05, 0.1) is 16.3 Å². The van der Waals surface area contributed by atoms with Crippen molar-refractivity contribution in [3.05, 3.63) is 54.1 Å². The minimum Gasteiger partial charge on any atom is -0.283 e. The minimum absolute atomic E-state index is 0.200. The van der Waals surface area contributed by atoms with Gasteiger partial charge >= 0.3 is 0 Å². The molecule has 26 heavy (non-hydrogen) atoms. The van der Waals surface area contributed by atoms with E-state index in [0.29, 0.717) is 18.7 Å². The largest absolute Gasteiger partial charge is 0.283 e. The van der Waals surface area contributed by atoms with E-state index in [2.05, 4.69) is 10.6 Å². The highest BCUT2D eigenvalue weighted by Gasteiger charge is 2.29. The number of aryl methyl sites for hydroxylation is 1. The first kappa shape index (κ1) is 18.3. The van der Waals surface area contributed by atoms with Gasteiger partial charge in [-0.3, -0.25) is 9.03 Å². The van der Waals surface area contributed by atoms with Crippen LogP contribution in [-0.2, 0) is 26.5 Å². The van der Waals surface area contributed by atoms with E-state index in [0.717, 1.165) is 12.0 Å². The molecule has 2 aromatic rings. The molecule has 2 aromatic carbocycles. The Hall–Kier alpha value is -2.50. The predicted octanol–water partition coefficient (Wildman–Crippen LogP) is 2.20. The van der Waals surface area contributed by atoms with Crippen molar-refractivity contribution in [3.63, 3.8) is 0 Å². The van der Waals surface area contributed by atoms with Gasteiger partial charge in [0.15, 0.2) is 0 Å². The average Bonchev–Trinajstić information content (AvgIpc) is 2.61. The van der Waals surface area contributed by atoms with Crippen molar-refractivity contribution in [1.82, 2.24) is 0 Å². The summed E-state index contributed by atoms with van der Waals surface area (Å²) in [6, 6.07) is 13.1. The average molecular weight is 390 g/mol. The monoisotopic (exact) mass is 390 g/mol. The Morgan fingerprint density at radius 1 is 1.08 bits per heavy atom. The number of hydrogen-bond acceptors (Lipinski definition) is 4. The third-order valence-electron chi connectivity index (χ3n) is 4.04. The molecule has 0 atom stereocenters. The fourth-order valence-corrected chi connectivity index (χ4v) is 5.23. The molecule has 1 N–H and O–H groups in total. The maximum atomic E-state index is 13.0. The standard InChI is InChI=1S/C18H18N2O4S2/c1-2-13-25(21,22)19-16-11-10-15-7-6-12-20(18(15)14-16)26(23,24)17-8-4-3-5-9-17/h1,3-5,8-11,14,19H,6-7,12-13H2. The summed E-state index contributed by atoms with van der Waals surface area (Å²) in [6.07, 6.45) is 6.49. The first-order valence-electron chi connectivity index (χ1n) is 7.98. The van der Waals surface area contributed by atoms with Gasteiger partial charge < -0.3 is 0 Å². The molecule has 0 saturated heterocycles. The van der Waals surface area contributed by atoms with E-state index in [9.17, 15) is 16.8 Å². The molecule has 6 nitrogen and oxygen atoms in total. The second kappa shape index (κ2) is 7.02. The van der Waals surface area contributed by atoms with Crippen LogP contribution in [0.15, 0.2) is 53.4 Å². The van der Waals surface area contributed by atoms with E-state index in [1.54, 1.807) is 48.5 Å². The summed E-state index contributed by atoms with van der Waals surface area (Å²) in [5.41, 5.74) is 1.63. The Morgan fingerprint density at radius 3 is 2.50 bits per heavy atom. The van der Waals surface area contributed by atoms with Crippen LogP contribution in [0.5, 0.6) is 0 Å². The second-order valence-corrected chi connectivity index (χ2v) is 9.49. The van der Waals surface area contributed by atoms with E-state index < -0.39 is 25.8 Å². The van der Waals surface area contributed by atoms with Crippen LogP contribution < -0.4 is 9.03 Å². The summed E-state index contributed by atoms with van der Waals surface area (Å²) in [4.78, 5) is 0.200. The van der Waals surface area contributed by atoms with Gasteiger partial charge in [0.25, 0.3) is 10.0 Å². The molecule has 0 aromatic heterocycles. The summed E-state index contributed by atoms with van der Waals surface area (Å²) in [6.45, 7) is 0.338. The van der Waals surface area contributed by atoms with Crippen LogP contribution in [0.2, 0.25) is 0 Å². The van der Waals surface area contributed by atoms with Crippen molar-refractivity contribution in [3.8, 4) is 12.3 Å². The lowest BCUT2D eigenvalue weighted by atomic mass is 10.0. The summed E-state index contributed by atoms with van der Waals surface area (Å²) >= 11 is 0. The van der Waals surface area contributed by atoms with Crippen molar-refractivity contribution < 1.29 is 16.8 Å². The topological polar surface area (TPSA) is 83.6 Å². The summed E-state index contributed by atoms with van der Waals surface area (Å²) in [5.74, 6) is 1.64. The molecule has 0 amide bonds. The highest BCUT2D eigenvalue weighted by molar-refractivity contribution is 7.93. The van der Waals surface area contributed by atoms with Crippen LogP contribution in [-0.4, -0.2) is 29.1 Å². The molecule has 0 fully saturated rings. The van der Waals surface area contributed by atoms with Crippen LogP contribution in [0.25, 0.3) is 0 Å². The van der Waals surface area contributed by atoms with Crippen LogP contribution in [0.1, 0.15) is 12.0 Å². The van der Waals surface area contributed by atoms with Crippen molar-refractivity contribution in [2.24, 2.45) is 0 Å². The van der Waals surface area contributed by atoms with Gasteiger partial charge in [-0.15, -0.1) is 6.42 Å². The number of anilines is 2. The fourth-order valence-electron chi connectivity index (χ4n) is 2.90. The van der Waals surface area contributed by atoms with Crippen LogP contribution in [0, 0.1) is 12.3 Å². The molecule has 1 heterocycles. The van der Waals surface area contributed by atoms with Gasteiger partial charge in [0.2, 0.25) is 10.0 Å². The second-order valence-electron chi connectivity index (χ2n) is 5.90. The molecular weight excluding hydrogens is 372 g/mol. The first-order valence-corrected chi connectivity index (χ1v) is 11.1. The zero-order chi connectivity index (χ0) is 18.8. The van der Waals surface area contributed by atoms with Gasteiger partial charge in [-0.25, -0.2) is 16.8 Å². The molecule has 0 unspecified atom stereocenters. The van der Waals surface area contributed by atoms with Crippen LogP contribution in [0.4, 0.5) is 11.4 Å². The molecular formula is C18H18N2O4S2. The van der Waals surface area contributed by atoms with Crippen LogP contribution >= 0.6 is 0 Å². The molecule has 0 radical (unpaired) electrons. The molecule has 1 aliphatic rings. The molecule has 3 rings (SSSR count). The van der Waals surface area contributed by atoms with Crippen molar-refractivity contribution in [2.45, 2.75) is 17.7 Å². The van der Waals surface area contributed by atoms with Gasteiger partial charge in [-0.1, -0.05) is 30.2 Å². The Kier molecular flexibility index (Phi) is 4.94. The Bertz CT molecular complexity index is 1060. The number of hydrogen-bond donors (Lipinski definition) is 1. The normalized spacial score (nSPS) is 14.3. The van der Waals surface area contributed by atoms with E-state index in [1.165, 1.54) is 4.31 Å². The van der Waals surface area contributed by atoms with E-state index in [1.807, 2.05) is 0 Å². The highest BCUT2D eigenvalue weighted by Crippen LogP contribution is 2.34. The zero-order valence-electron chi connectivity index (χ0n) is 13.9. The summed E-state index contributed by atoms with van der Waals surface area (Å²) in [5, 5.41) is 0. The predicted molar refractivity (Wildman–Crippen MR) is 102 cm³/mol. The molecule has 8 heteroatoms. The highest BCUT2D eigenvalue weighted by atomic mass is 32.2. The van der Waals surface area contributed by atoms with E-state index in [-0.39, 0.29) is 10.6 Å². The van der Waals surface area contributed by atoms with E-state index >= 15 is 0 Å². The number of benzene rings is 2. The fraction of sp³-hybridized carbons (Fsp3) is 0.222. The minimum atomic E-state index is -3.72. The summed E-state index contributed by atoms with van der Waals surface area (Å²) < 4.78 is 53.5. The Morgan fingerprint density at radius 2 is 1.81 bits per heavy atom. The molecule has 136 valence electrons. The maximum Gasteiger partial charge on any atom is 0.264 e. The molecule has 0 aliphatic carbocycles. The zero-order valence-corrected chi connectivity index (χ0v) is 15.6. The van der Waals surface area contributed by atoms with Crippen LogP contribution in [0.3, 0.4) is 0 Å². The van der Waals surface area contributed by atoms with Gasteiger partial charge in [-0.2, -0.15) is 0 Å². The molecule has 1 aliphatic heterocycles. The number of rotatable bonds is 5. The molecule has 0 bridgehead atoms. The van der Waals surface area contributed by atoms with Crippen molar-refractivity contribution in [1.29, 1.82) is 0 Å². The Labute approximate surface area is 154 Å².